The Bertz CT molecular complexity index is 778. The number of methoxy groups -OCH3 is 1. The van der Waals surface area contributed by atoms with E-state index < -0.39 is 23.4 Å². The van der Waals surface area contributed by atoms with E-state index >= 15 is 0 Å². The Balaban J connectivity index is 1.57. The molecular formula is C18H23N3O6. The maximum absolute atomic E-state index is 12.7. The van der Waals surface area contributed by atoms with Crippen LogP contribution in [0.1, 0.15) is 54.0 Å². The van der Waals surface area contributed by atoms with Gasteiger partial charge < -0.3 is 19.8 Å². The number of nitrogens with one attached hydrogen (secondary N) is 2. The second kappa shape index (κ2) is 7.42. The number of nitrogens with zero attached hydrogens (tertiary/aromatic N) is 1. The van der Waals surface area contributed by atoms with Crippen molar-refractivity contribution in [1.29, 1.82) is 0 Å². The molecule has 9 nitrogen and oxygen atoms in total. The Kier molecular flexibility index (Phi) is 5.20. The van der Waals surface area contributed by atoms with Gasteiger partial charge in [-0.15, -0.1) is 0 Å². The monoisotopic (exact) mass is 377 g/mol. The van der Waals surface area contributed by atoms with Gasteiger partial charge in [0.15, 0.2) is 0 Å². The third kappa shape index (κ3) is 3.67. The van der Waals surface area contributed by atoms with Crippen LogP contribution in [0.15, 0.2) is 10.5 Å². The van der Waals surface area contributed by atoms with E-state index in [1.807, 2.05) is 0 Å². The molecule has 4 amide bonds. The number of ether oxygens (including phenoxy) is 1. The smallest absolute Gasteiger partial charge is 0.341 e. The van der Waals surface area contributed by atoms with Crippen LogP contribution in [0.3, 0.4) is 0 Å². The van der Waals surface area contributed by atoms with Crippen LogP contribution in [0.25, 0.3) is 0 Å². The highest BCUT2D eigenvalue weighted by Gasteiger charge is 2.51. The minimum Gasteiger partial charge on any atom is -0.465 e. The normalized spacial score (nSPS) is 18.5. The molecule has 0 atom stereocenters. The van der Waals surface area contributed by atoms with Gasteiger partial charge in [0.25, 0.3) is 5.91 Å². The van der Waals surface area contributed by atoms with E-state index in [0.717, 1.165) is 24.2 Å². The summed E-state index contributed by atoms with van der Waals surface area (Å²) >= 11 is 0. The molecule has 1 aliphatic carbocycles. The summed E-state index contributed by atoms with van der Waals surface area (Å²) in [6.07, 6.45) is 4.02. The molecular weight excluding hydrogens is 354 g/mol. The van der Waals surface area contributed by atoms with E-state index in [1.54, 1.807) is 6.92 Å². The highest BCUT2D eigenvalue weighted by molar-refractivity contribution is 6.09. The lowest BCUT2D eigenvalue weighted by molar-refractivity contribution is -0.135. The molecule has 3 rings (SSSR count). The molecule has 1 aromatic rings. The van der Waals surface area contributed by atoms with Crippen molar-refractivity contribution >= 4 is 23.8 Å². The van der Waals surface area contributed by atoms with Gasteiger partial charge in [0.05, 0.1) is 13.7 Å². The summed E-state index contributed by atoms with van der Waals surface area (Å²) in [4.78, 5) is 49.6. The molecule has 2 aliphatic rings. The van der Waals surface area contributed by atoms with Gasteiger partial charge in [-0.25, -0.2) is 9.59 Å². The third-order valence-electron chi connectivity index (χ3n) is 5.09. The minimum absolute atomic E-state index is 0.0332. The lowest BCUT2D eigenvalue weighted by Gasteiger charge is -2.30. The van der Waals surface area contributed by atoms with Gasteiger partial charge in [-0.2, -0.15) is 0 Å². The van der Waals surface area contributed by atoms with Crippen molar-refractivity contribution in [3.8, 4) is 0 Å². The quantitative estimate of drug-likeness (QED) is 0.589. The van der Waals surface area contributed by atoms with Gasteiger partial charge in [-0.3, -0.25) is 14.5 Å². The number of rotatable bonds is 5. The summed E-state index contributed by atoms with van der Waals surface area (Å²) < 4.78 is 10.1. The number of hydrogen-bond donors (Lipinski definition) is 2. The van der Waals surface area contributed by atoms with Gasteiger partial charge in [0, 0.05) is 0 Å². The maximum atomic E-state index is 12.7. The number of imide groups is 1. The average molecular weight is 377 g/mol. The van der Waals surface area contributed by atoms with Crippen LogP contribution in [-0.4, -0.2) is 47.9 Å². The SMILES string of the molecule is COC(=O)c1cc(CNC(=O)CN2C(=O)NC3(CCCCC3)C2=O)oc1C. The summed E-state index contributed by atoms with van der Waals surface area (Å²) in [5.41, 5.74) is -0.557. The summed E-state index contributed by atoms with van der Waals surface area (Å²) in [6, 6.07) is 0.963. The van der Waals surface area contributed by atoms with Crippen LogP contribution in [-0.2, 0) is 20.9 Å². The maximum Gasteiger partial charge on any atom is 0.341 e. The molecule has 0 radical (unpaired) electrons. The first-order valence-electron chi connectivity index (χ1n) is 8.95. The zero-order chi connectivity index (χ0) is 19.6. The van der Waals surface area contributed by atoms with E-state index in [-0.39, 0.29) is 24.6 Å². The van der Waals surface area contributed by atoms with Crippen LogP contribution in [0.2, 0.25) is 0 Å². The first-order valence-corrected chi connectivity index (χ1v) is 8.95. The highest BCUT2D eigenvalue weighted by atomic mass is 16.5. The molecule has 2 N–H and O–H groups in total. The molecule has 1 saturated carbocycles. The van der Waals surface area contributed by atoms with Crippen molar-refractivity contribution in [1.82, 2.24) is 15.5 Å². The Morgan fingerprint density at radius 3 is 2.67 bits per heavy atom. The molecule has 1 saturated heterocycles. The summed E-state index contributed by atoms with van der Waals surface area (Å²) in [5.74, 6) is -0.572. The second-order valence-corrected chi connectivity index (χ2v) is 6.92. The predicted octanol–water partition coefficient (Wildman–Crippen LogP) is 1.25. The molecule has 0 unspecified atom stereocenters. The van der Waals surface area contributed by atoms with Gasteiger partial charge in [0.2, 0.25) is 5.91 Å². The summed E-state index contributed by atoms with van der Waals surface area (Å²) in [5, 5.41) is 5.36. The van der Waals surface area contributed by atoms with Gasteiger partial charge in [0.1, 0.15) is 29.2 Å². The predicted molar refractivity (Wildman–Crippen MR) is 92.7 cm³/mol. The Morgan fingerprint density at radius 1 is 1.30 bits per heavy atom. The number of hydrogen-bond acceptors (Lipinski definition) is 6. The van der Waals surface area contributed by atoms with Gasteiger partial charge in [-0.1, -0.05) is 19.3 Å². The van der Waals surface area contributed by atoms with E-state index in [0.29, 0.717) is 24.4 Å². The molecule has 1 aliphatic heterocycles. The molecule has 1 spiro atoms. The first-order chi connectivity index (χ1) is 12.9. The fourth-order valence-electron chi connectivity index (χ4n) is 3.64. The average Bonchev–Trinajstić information content (AvgIpc) is 3.13. The molecule has 2 fully saturated rings. The minimum atomic E-state index is -0.844. The van der Waals surface area contributed by atoms with E-state index in [2.05, 4.69) is 15.4 Å². The number of carbonyl (C=O) groups is 4. The second-order valence-electron chi connectivity index (χ2n) is 6.92. The number of urea groups is 1. The van der Waals surface area contributed by atoms with Crippen LogP contribution in [0, 0.1) is 6.92 Å². The van der Waals surface area contributed by atoms with Crippen molar-refractivity contribution in [3.63, 3.8) is 0 Å². The first kappa shape index (κ1) is 18.9. The van der Waals surface area contributed by atoms with Crippen molar-refractivity contribution < 1.29 is 28.3 Å². The summed E-state index contributed by atoms with van der Waals surface area (Å²) in [6.45, 7) is 1.30. The van der Waals surface area contributed by atoms with Crippen molar-refractivity contribution in [2.24, 2.45) is 0 Å². The molecule has 0 bridgehead atoms. The number of amides is 4. The molecule has 146 valence electrons. The highest BCUT2D eigenvalue weighted by Crippen LogP contribution is 2.33. The van der Waals surface area contributed by atoms with Gasteiger partial charge in [-0.05, 0) is 25.8 Å². The Morgan fingerprint density at radius 2 is 2.00 bits per heavy atom. The number of esters is 1. The molecule has 1 aromatic heterocycles. The number of carbonyl (C=O) groups excluding carboxylic acids is 4. The van der Waals surface area contributed by atoms with Crippen LogP contribution >= 0.6 is 0 Å². The largest absolute Gasteiger partial charge is 0.465 e. The molecule has 27 heavy (non-hydrogen) atoms. The van der Waals surface area contributed by atoms with Crippen LogP contribution < -0.4 is 10.6 Å². The van der Waals surface area contributed by atoms with Crippen molar-refractivity contribution in [3.05, 3.63) is 23.2 Å². The standard InChI is InChI=1S/C18H23N3O6/c1-11-13(15(23)26-2)8-12(27-11)9-19-14(22)10-21-16(24)18(20-17(21)25)6-4-3-5-7-18/h8H,3-7,9-10H2,1-2H3,(H,19,22)(H,20,25). The van der Waals surface area contributed by atoms with Crippen LogP contribution in [0.5, 0.6) is 0 Å². The summed E-state index contributed by atoms with van der Waals surface area (Å²) in [7, 11) is 1.27. The molecule has 2 heterocycles. The number of furan rings is 1. The fourth-order valence-corrected chi connectivity index (χ4v) is 3.64. The van der Waals surface area contributed by atoms with E-state index in [1.165, 1.54) is 13.2 Å². The Labute approximate surface area is 156 Å². The zero-order valence-corrected chi connectivity index (χ0v) is 15.4. The van der Waals surface area contributed by atoms with Crippen molar-refractivity contribution in [2.45, 2.75) is 51.1 Å². The topological polar surface area (TPSA) is 118 Å². The van der Waals surface area contributed by atoms with Crippen LogP contribution in [0.4, 0.5) is 4.79 Å². The Hall–Kier alpha value is -2.84. The molecule has 0 aromatic carbocycles. The fraction of sp³-hybridized carbons (Fsp3) is 0.556. The van der Waals surface area contributed by atoms with E-state index in [4.69, 9.17) is 4.42 Å². The molecule has 9 heteroatoms. The van der Waals surface area contributed by atoms with Crippen molar-refractivity contribution in [2.75, 3.05) is 13.7 Å². The third-order valence-corrected chi connectivity index (χ3v) is 5.09. The lowest BCUT2D eigenvalue weighted by Crippen LogP contribution is -2.49. The van der Waals surface area contributed by atoms with E-state index in [9.17, 15) is 19.2 Å². The number of aryl methyl sites for hydroxylation is 1. The van der Waals surface area contributed by atoms with Gasteiger partial charge >= 0.3 is 12.0 Å². The lowest BCUT2D eigenvalue weighted by atomic mass is 9.82. The zero-order valence-electron chi connectivity index (χ0n) is 15.4.